The fourth-order valence-corrected chi connectivity index (χ4v) is 1.86. The van der Waals surface area contributed by atoms with Crippen LogP contribution in [0.1, 0.15) is 16.7 Å². The summed E-state index contributed by atoms with van der Waals surface area (Å²) in [6.45, 7) is 0.729. The van der Waals surface area contributed by atoms with Crippen molar-refractivity contribution in [2.24, 2.45) is 0 Å². The van der Waals surface area contributed by atoms with Crippen molar-refractivity contribution in [1.29, 1.82) is 5.26 Å². The van der Waals surface area contributed by atoms with E-state index in [2.05, 4.69) is 5.32 Å². The Bertz CT molecular complexity index is 693. The highest BCUT2D eigenvalue weighted by Crippen LogP contribution is 2.13. The van der Waals surface area contributed by atoms with Gasteiger partial charge in [0.05, 0.1) is 16.6 Å². The number of nitro groups is 1. The fourth-order valence-electron chi connectivity index (χ4n) is 1.86. The second-order valence-electron chi connectivity index (χ2n) is 4.45. The molecule has 0 atom stereocenters. The first-order chi connectivity index (χ1) is 10.1. The molecule has 0 aromatic heterocycles. The molecule has 0 bridgehead atoms. The zero-order valence-corrected chi connectivity index (χ0v) is 11.0. The molecular weight excluding hydrogens is 273 g/mol. The number of nitro benzene ring substituents is 1. The first kappa shape index (κ1) is 14.6. The number of hydrogen-bond acceptors (Lipinski definition) is 4. The van der Waals surface area contributed by atoms with Crippen molar-refractivity contribution in [2.75, 3.05) is 0 Å². The lowest BCUT2D eigenvalue weighted by Crippen LogP contribution is -2.13. The van der Waals surface area contributed by atoms with Crippen molar-refractivity contribution < 1.29 is 9.31 Å². The van der Waals surface area contributed by atoms with Crippen molar-refractivity contribution in [3.05, 3.63) is 75.1 Å². The molecular formula is C15H12FN3O2. The van der Waals surface area contributed by atoms with Gasteiger partial charge < -0.3 is 5.32 Å². The SMILES string of the molecule is N#Cc1ccc(F)c(CNCc2ccc([N+](=O)[O-])cc2)c1. The summed E-state index contributed by atoms with van der Waals surface area (Å²) >= 11 is 0. The summed E-state index contributed by atoms with van der Waals surface area (Å²) in [4.78, 5) is 10.1. The van der Waals surface area contributed by atoms with Gasteiger partial charge in [-0.15, -0.1) is 0 Å². The van der Waals surface area contributed by atoms with E-state index >= 15 is 0 Å². The lowest BCUT2D eigenvalue weighted by Gasteiger charge is -2.06. The molecule has 2 aromatic carbocycles. The lowest BCUT2D eigenvalue weighted by atomic mass is 10.1. The number of nitrogens with one attached hydrogen (secondary N) is 1. The van der Waals surface area contributed by atoms with Gasteiger partial charge in [0.15, 0.2) is 0 Å². The number of hydrogen-bond donors (Lipinski definition) is 1. The van der Waals surface area contributed by atoms with Crippen LogP contribution in [0.3, 0.4) is 0 Å². The highest BCUT2D eigenvalue weighted by Gasteiger charge is 2.05. The Balaban J connectivity index is 1.95. The van der Waals surface area contributed by atoms with Gasteiger partial charge in [0.1, 0.15) is 5.82 Å². The van der Waals surface area contributed by atoms with E-state index in [1.54, 1.807) is 12.1 Å². The Morgan fingerprint density at radius 3 is 2.52 bits per heavy atom. The number of non-ortho nitro benzene ring substituents is 1. The summed E-state index contributed by atoms with van der Waals surface area (Å²) in [5.41, 5.74) is 1.71. The maximum atomic E-state index is 13.5. The van der Waals surface area contributed by atoms with Crippen LogP contribution in [-0.4, -0.2) is 4.92 Å². The van der Waals surface area contributed by atoms with E-state index < -0.39 is 4.92 Å². The van der Waals surface area contributed by atoms with Crippen molar-refractivity contribution in [1.82, 2.24) is 5.32 Å². The van der Waals surface area contributed by atoms with Crippen LogP contribution < -0.4 is 5.32 Å². The molecule has 0 heterocycles. The van der Waals surface area contributed by atoms with Gasteiger partial charge in [-0.05, 0) is 23.8 Å². The first-order valence-electron chi connectivity index (χ1n) is 6.22. The van der Waals surface area contributed by atoms with Crippen LogP contribution >= 0.6 is 0 Å². The molecule has 0 aliphatic carbocycles. The van der Waals surface area contributed by atoms with Gasteiger partial charge in [0, 0.05) is 30.8 Å². The average molecular weight is 285 g/mol. The molecule has 0 saturated heterocycles. The zero-order valence-electron chi connectivity index (χ0n) is 11.0. The van der Waals surface area contributed by atoms with Gasteiger partial charge in [0.2, 0.25) is 0 Å². The quantitative estimate of drug-likeness (QED) is 0.676. The molecule has 0 fully saturated rings. The molecule has 0 amide bonds. The second kappa shape index (κ2) is 6.59. The van der Waals surface area contributed by atoms with Gasteiger partial charge >= 0.3 is 0 Å². The molecule has 0 radical (unpaired) electrons. The topological polar surface area (TPSA) is 79.0 Å². The summed E-state index contributed by atoms with van der Waals surface area (Å²) in [6, 6.07) is 12.3. The Morgan fingerprint density at radius 2 is 1.90 bits per heavy atom. The molecule has 0 unspecified atom stereocenters. The third-order valence-electron chi connectivity index (χ3n) is 2.97. The van der Waals surface area contributed by atoms with E-state index in [9.17, 15) is 14.5 Å². The maximum absolute atomic E-state index is 13.5. The van der Waals surface area contributed by atoms with Crippen LogP contribution in [0.2, 0.25) is 0 Å². The Morgan fingerprint density at radius 1 is 1.19 bits per heavy atom. The minimum absolute atomic E-state index is 0.0338. The molecule has 6 heteroatoms. The monoisotopic (exact) mass is 285 g/mol. The number of benzene rings is 2. The van der Waals surface area contributed by atoms with Crippen molar-refractivity contribution in [3.63, 3.8) is 0 Å². The van der Waals surface area contributed by atoms with Crippen LogP contribution in [0, 0.1) is 27.3 Å². The van der Waals surface area contributed by atoms with Gasteiger partial charge in [-0.2, -0.15) is 5.26 Å². The summed E-state index contributed by atoms with van der Waals surface area (Å²) in [7, 11) is 0. The number of halogens is 1. The normalized spacial score (nSPS) is 10.1. The van der Waals surface area contributed by atoms with Crippen molar-refractivity contribution >= 4 is 5.69 Å². The number of nitriles is 1. The lowest BCUT2D eigenvalue weighted by molar-refractivity contribution is -0.384. The first-order valence-corrected chi connectivity index (χ1v) is 6.22. The minimum Gasteiger partial charge on any atom is -0.309 e. The van der Waals surface area contributed by atoms with Crippen molar-refractivity contribution in [3.8, 4) is 6.07 Å². The summed E-state index contributed by atoms with van der Waals surface area (Å²) in [5, 5.41) is 22.3. The van der Waals surface area contributed by atoms with E-state index in [4.69, 9.17) is 5.26 Å². The van der Waals surface area contributed by atoms with Gasteiger partial charge in [-0.3, -0.25) is 10.1 Å². The fraction of sp³-hybridized carbons (Fsp3) is 0.133. The van der Waals surface area contributed by atoms with E-state index in [1.807, 2.05) is 6.07 Å². The Kier molecular flexibility index (Phi) is 4.59. The van der Waals surface area contributed by atoms with E-state index in [0.29, 0.717) is 17.7 Å². The number of rotatable bonds is 5. The molecule has 2 aromatic rings. The summed E-state index contributed by atoms with van der Waals surface area (Å²) in [6.07, 6.45) is 0. The molecule has 106 valence electrons. The maximum Gasteiger partial charge on any atom is 0.269 e. The smallest absolute Gasteiger partial charge is 0.269 e. The third-order valence-corrected chi connectivity index (χ3v) is 2.97. The van der Waals surface area contributed by atoms with Crippen LogP contribution in [0.4, 0.5) is 10.1 Å². The van der Waals surface area contributed by atoms with E-state index in [0.717, 1.165) is 5.56 Å². The molecule has 0 aliphatic heterocycles. The van der Waals surface area contributed by atoms with E-state index in [-0.39, 0.29) is 18.0 Å². The average Bonchev–Trinajstić information content (AvgIpc) is 2.49. The summed E-state index contributed by atoms with van der Waals surface area (Å²) < 4.78 is 13.5. The van der Waals surface area contributed by atoms with Crippen LogP contribution in [0.5, 0.6) is 0 Å². The predicted molar refractivity (Wildman–Crippen MR) is 74.8 cm³/mol. The molecule has 2 rings (SSSR count). The summed E-state index contributed by atoms with van der Waals surface area (Å²) in [5.74, 6) is -0.370. The van der Waals surface area contributed by atoms with Crippen molar-refractivity contribution in [2.45, 2.75) is 13.1 Å². The molecule has 0 aliphatic rings. The second-order valence-corrected chi connectivity index (χ2v) is 4.45. The Hall–Kier alpha value is -2.78. The minimum atomic E-state index is -0.458. The van der Waals surface area contributed by atoms with Gasteiger partial charge in [-0.25, -0.2) is 4.39 Å². The standard InChI is InChI=1S/C15H12FN3O2/c16-15-6-3-12(8-17)7-13(15)10-18-9-11-1-4-14(5-2-11)19(20)21/h1-7,18H,9-10H2. The molecule has 1 N–H and O–H groups in total. The number of nitrogens with zero attached hydrogens (tertiary/aromatic N) is 2. The third kappa shape index (κ3) is 3.84. The highest BCUT2D eigenvalue weighted by molar-refractivity contribution is 5.34. The Labute approximate surface area is 120 Å². The van der Waals surface area contributed by atoms with Crippen LogP contribution in [0.25, 0.3) is 0 Å². The molecule has 21 heavy (non-hydrogen) atoms. The van der Waals surface area contributed by atoms with E-state index in [1.165, 1.54) is 30.3 Å². The van der Waals surface area contributed by atoms with Crippen LogP contribution in [0.15, 0.2) is 42.5 Å². The molecule has 0 saturated carbocycles. The zero-order chi connectivity index (χ0) is 15.2. The van der Waals surface area contributed by atoms with Gasteiger partial charge in [-0.1, -0.05) is 12.1 Å². The van der Waals surface area contributed by atoms with Gasteiger partial charge in [0.25, 0.3) is 5.69 Å². The molecule has 5 nitrogen and oxygen atoms in total. The van der Waals surface area contributed by atoms with Crippen LogP contribution in [-0.2, 0) is 13.1 Å². The largest absolute Gasteiger partial charge is 0.309 e. The predicted octanol–water partition coefficient (Wildman–Crippen LogP) is 2.90. The molecule has 0 spiro atoms. The highest BCUT2D eigenvalue weighted by atomic mass is 19.1.